The van der Waals surface area contributed by atoms with Crippen molar-refractivity contribution in [3.05, 3.63) is 47.8 Å². The van der Waals surface area contributed by atoms with Crippen molar-refractivity contribution in [3.63, 3.8) is 0 Å². The van der Waals surface area contributed by atoms with Crippen molar-refractivity contribution in [1.29, 1.82) is 0 Å². The van der Waals surface area contributed by atoms with Crippen LogP contribution in [0, 0.1) is 18.8 Å². The molecule has 0 aliphatic heterocycles. The van der Waals surface area contributed by atoms with Crippen molar-refractivity contribution >= 4 is 11.9 Å². The molecule has 0 spiro atoms. The van der Waals surface area contributed by atoms with Crippen molar-refractivity contribution in [2.24, 2.45) is 18.9 Å². The van der Waals surface area contributed by atoms with Gasteiger partial charge < -0.3 is 14.4 Å². The van der Waals surface area contributed by atoms with Crippen molar-refractivity contribution in [2.45, 2.75) is 26.8 Å². The molecule has 7 nitrogen and oxygen atoms in total. The number of ether oxygens (including phenoxy) is 2. The van der Waals surface area contributed by atoms with E-state index in [-0.39, 0.29) is 30.3 Å². The molecule has 1 fully saturated rings. The first-order chi connectivity index (χ1) is 13.5. The Morgan fingerprint density at radius 1 is 1.29 bits per heavy atom. The van der Waals surface area contributed by atoms with Crippen LogP contribution in [0.1, 0.15) is 24.7 Å². The highest BCUT2D eigenvalue weighted by molar-refractivity contribution is 5.79. The molecule has 28 heavy (non-hydrogen) atoms. The molecule has 1 aliphatic carbocycles. The summed E-state index contributed by atoms with van der Waals surface area (Å²) in [4.78, 5) is 26.5. The van der Waals surface area contributed by atoms with Crippen molar-refractivity contribution < 1.29 is 19.1 Å². The highest BCUT2D eigenvalue weighted by Crippen LogP contribution is 2.40. The quantitative estimate of drug-likeness (QED) is 0.620. The molecule has 1 aliphatic rings. The number of benzene rings is 1. The zero-order chi connectivity index (χ0) is 20.1. The van der Waals surface area contributed by atoms with Crippen LogP contribution in [0.25, 0.3) is 0 Å². The van der Waals surface area contributed by atoms with E-state index in [1.165, 1.54) is 0 Å². The van der Waals surface area contributed by atoms with Crippen LogP contribution in [0.3, 0.4) is 0 Å². The normalized spacial score (nSPS) is 17.8. The van der Waals surface area contributed by atoms with Gasteiger partial charge in [-0.2, -0.15) is 5.10 Å². The molecule has 1 aromatic heterocycles. The van der Waals surface area contributed by atoms with E-state index in [1.54, 1.807) is 16.5 Å². The minimum Gasteiger partial charge on any atom is -0.484 e. The smallest absolute Gasteiger partial charge is 0.309 e. The van der Waals surface area contributed by atoms with Crippen LogP contribution in [0.2, 0.25) is 0 Å². The van der Waals surface area contributed by atoms with E-state index < -0.39 is 0 Å². The van der Waals surface area contributed by atoms with Gasteiger partial charge in [0.2, 0.25) is 0 Å². The predicted molar refractivity (Wildman–Crippen MR) is 104 cm³/mol. The van der Waals surface area contributed by atoms with Crippen LogP contribution in [0.4, 0.5) is 0 Å². The third-order valence-electron chi connectivity index (χ3n) is 4.94. The number of carbonyl (C=O) groups excluding carboxylic acids is 2. The minimum absolute atomic E-state index is 0.0490. The Morgan fingerprint density at radius 3 is 2.68 bits per heavy atom. The van der Waals surface area contributed by atoms with Gasteiger partial charge in [0, 0.05) is 19.3 Å². The number of carbonyl (C=O) groups is 2. The van der Waals surface area contributed by atoms with Crippen molar-refractivity contribution in [1.82, 2.24) is 14.7 Å². The number of rotatable bonds is 9. The maximum atomic E-state index is 12.8. The Labute approximate surface area is 165 Å². The van der Waals surface area contributed by atoms with Gasteiger partial charge in [-0.15, -0.1) is 0 Å². The van der Waals surface area contributed by atoms with Gasteiger partial charge in [0.25, 0.3) is 5.91 Å². The van der Waals surface area contributed by atoms with E-state index in [1.807, 2.05) is 50.4 Å². The summed E-state index contributed by atoms with van der Waals surface area (Å²) in [5.74, 6) is 0.372. The van der Waals surface area contributed by atoms with Crippen molar-refractivity contribution in [3.8, 4) is 5.75 Å². The van der Waals surface area contributed by atoms with Crippen molar-refractivity contribution in [2.75, 3.05) is 19.8 Å². The summed E-state index contributed by atoms with van der Waals surface area (Å²) in [6.45, 7) is 4.99. The summed E-state index contributed by atoms with van der Waals surface area (Å²) in [6.07, 6.45) is 0.753. The maximum absolute atomic E-state index is 12.8. The number of aromatic nitrogens is 2. The van der Waals surface area contributed by atoms with Crippen LogP contribution < -0.4 is 4.74 Å². The zero-order valence-electron chi connectivity index (χ0n) is 16.6. The Hall–Kier alpha value is -2.83. The maximum Gasteiger partial charge on any atom is 0.309 e. The van der Waals surface area contributed by atoms with Crippen LogP contribution in [-0.2, 0) is 27.9 Å². The topological polar surface area (TPSA) is 73.7 Å². The van der Waals surface area contributed by atoms with Gasteiger partial charge in [-0.3, -0.25) is 14.3 Å². The molecule has 0 N–H and O–H groups in total. The van der Waals surface area contributed by atoms with E-state index >= 15 is 0 Å². The molecular formula is C21H27N3O4. The first-order valence-corrected chi connectivity index (χ1v) is 9.59. The molecule has 1 amide bonds. The second-order valence-corrected chi connectivity index (χ2v) is 7.13. The molecule has 1 saturated carbocycles. The SMILES string of the molecule is CCOC(=O)[C@@H]1C[C@@H]1CN(Cc1cc(C)n(C)n1)C(=O)COc1ccccc1. The van der Waals surface area contributed by atoms with Crippen LogP contribution in [-0.4, -0.2) is 46.3 Å². The average molecular weight is 385 g/mol. The van der Waals surface area contributed by atoms with Crippen LogP contribution in [0.5, 0.6) is 5.75 Å². The zero-order valence-corrected chi connectivity index (χ0v) is 16.6. The third kappa shape index (κ3) is 5.12. The first kappa shape index (κ1) is 19.9. The Balaban J connectivity index is 1.63. The number of para-hydroxylation sites is 1. The number of esters is 1. The third-order valence-corrected chi connectivity index (χ3v) is 4.94. The second-order valence-electron chi connectivity index (χ2n) is 7.13. The lowest BCUT2D eigenvalue weighted by atomic mass is 10.2. The lowest BCUT2D eigenvalue weighted by molar-refractivity contribution is -0.145. The standard InChI is InChI=1S/C21H27N3O4/c1-4-27-21(26)19-11-16(19)12-24(13-17-10-15(2)23(3)22-17)20(25)14-28-18-8-6-5-7-9-18/h5-10,16,19H,4,11-14H2,1-3H3/t16-,19-/m1/s1. The fourth-order valence-electron chi connectivity index (χ4n) is 3.19. The summed E-state index contributed by atoms with van der Waals surface area (Å²) in [6, 6.07) is 11.2. The largest absolute Gasteiger partial charge is 0.484 e. The summed E-state index contributed by atoms with van der Waals surface area (Å²) >= 11 is 0. The van der Waals surface area contributed by atoms with Gasteiger partial charge >= 0.3 is 5.97 Å². The van der Waals surface area contributed by atoms with Gasteiger partial charge in [-0.05, 0) is 44.4 Å². The predicted octanol–water partition coefficient (Wildman–Crippen LogP) is 2.34. The minimum atomic E-state index is -0.172. The highest BCUT2D eigenvalue weighted by atomic mass is 16.5. The van der Waals surface area contributed by atoms with E-state index in [9.17, 15) is 9.59 Å². The Bertz CT molecular complexity index is 799. The molecule has 0 radical (unpaired) electrons. The fraction of sp³-hybridized carbons (Fsp3) is 0.476. The number of hydrogen-bond donors (Lipinski definition) is 0. The fourth-order valence-corrected chi connectivity index (χ4v) is 3.19. The van der Waals surface area contributed by atoms with E-state index in [0.29, 0.717) is 25.4 Å². The Kier molecular flexibility index (Phi) is 6.34. The average Bonchev–Trinajstić information content (AvgIpc) is 3.38. The molecular weight excluding hydrogens is 358 g/mol. The number of hydrogen-bond acceptors (Lipinski definition) is 5. The molecule has 0 unspecified atom stereocenters. The summed E-state index contributed by atoms with van der Waals surface area (Å²) < 4.78 is 12.5. The highest BCUT2D eigenvalue weighted by Gasteiger charge is 2.45. The summed E-state index contributed by atoms with van der Waals surface area (Å²) in [5, 5.41) is 4.45. The number of amides is 1. The van der Waals surface area contributed by atoms with E-state index in [0.717, 1.165) is 17.8 Å². The number of aryl methyl sites for hydroxylation is 2. The van der Waals surface area contributed by atoms with Gasteiger partial charge in [0.15, 0.2) is 6.61 Å². The molecule has 3 rings (SSSR count). The van der Waals surface area contributed by atoms with Crippen LogP contribution in [0.15, 0.2) is 36.4 Å². The molecule has 7 heteroatoms. The van der Waals surface area contributed by atoms with Gasteiger partial charge in [0.05, 0.1) is 24.8 Å². The molecule has 1 heterocycles. The lowest BCUT2D eigenvalue weighted by Crippen LogP contribution is -2.36. The first-order valence-electron chi connectivity index (χ1n) is 9.59. The lowest BCUT2D eigenvalue weighted by Gasteiger charge is -2.22. The second kappa shape index (κ2) is 8.91. The van der Waals surface area contributed by atoms with E-state index in [2.05, 4.69) is 5.10 Å². The Morgan fingerprint density at radius 2 is 2.04 bits per heavy atom. The number of nitrogens with zero attached hydrogens (tertiary/aromatic N) is 3. The molecule has 150 valence electrons. The molecule has 2 aromatic rings. The molecule has 1 aromatic carbocycles. The molecule has 2 atom stereocenters. The van der Waals surface area contributed by atoms with Gasteiger partial charge in [0.1, 0.15) is 5.75 Å². The van der Waals surface area contributed by atoms with Crippen LogP contribution >= 0.6 is 0 Å². The monoisotopic (exact) mass is 385 g/mol. The summed E-state index contributed by atoms with van der Waals surface area (Å²) in [7, 11) is 1.88. The molecule has 0 saturated heterocycles. The molecule has 0 bridgehead atoms. The van der Waals surface area contributed by atoms with Gasteiger partial charge in [-0.1, -0.05) is 18.2 Å². The summed E-state index contributed by atoms with van der Waals surface area (Å²) in [5.41, 5.74) is 1.85. The van der Waals surface area contributed by atoms with E-state index in [4.69, 9.17) is 9.47 Å². The van der Waals surface area contributed by atoms with Gasteiger partial charge in [-0.25, -0.2) is 0 Å².